The van der Waals surface area contributed by atoms with E-state index in [2.05, 4.69) is 17.2 Å². The van der Waals surface area contributed by atoms with Crippen LogP contribution in [-0.4, -0.2) is 24.2 Å². The average molecular weight is 248 g/mol. The summed E-state index contributed by atoms with van der Waals surface area (Å²) in [6.07, 6.45) is 7.22. The van der Waals surface area contributed by atoms with Crippen molar-refractivity contribution in [2.24, 2.45) is 5.92 Å². The lowest BCUT2D eigenvalue weighted by Gasteiger charge is -2.29. The Kier molecular flexibility index (Phi) is 5.00. The number of ether oxygens (including phenoxy) is 1. The van der Waals surface area contributed by atoms with Crippen molar-refractivity contribution in [2.75, 3.05) is 13.2 Å². The minimum Gasteiger partial charge on any atom is -0.491 e. The van der Waals surface area contributed by atoms with Crippen LogP contribution >= 0.6 is 0 Å². The second-order valence-electron chi connectivity index (χ2n) is 5.31. The van der Waals surface area contributed by atoms with Crippen LogP contribution in [0.15, 0.2) is 18.3 Å². The van der Waals surface area contributed by atoms with Gasteiger partial charge in [0.1, 0.15) is 12.4 Å². The van der Waals surface area contributed by atoms with E-state index in [-0.39, 0.29) is 0 Å². The van der Waals surface area contributed by atoms with E-state index in [1.165, 1.54) is 25.7 Å². The van der Waals surface area contributed by atoms with Gasteiger partial charge in [-0.25, -0.2) is 0 Å². The van der Waals surface area contributed by atoms with Crippen molar-refractivity contribution in [3.05, 3.63) is 24.0 Å². The molecule has 3 nitrogen and oxygen atoms in total. The first-order valence-corrected chi connectivity index (χ1v) is 7.04. The maximum absolute atomic E-state index is 5.66. The summed E-state index contributed by atoms with van der Waals surface area (Å²) in [6.45, 7) is 5.97. The molecule has 1 aliphatic rings. The molecule has 3 heteroatoms. The molecule has 2 rings (SSSR count). The molecule has 0 aliphatic heterocycles. The fraction of sp³-hybridized carbons (Fsp3) is 0.667. The van der Waals surface area contributed by atoms with Gasteiger partial charge in [-0.15, -0.1) is 0 Å². The van der Waals surface area contributed by atoms with Crippen molar-refractivity contribution in [2.45, 2.75) is 45.6 Å². The molecule has 18 heavy (non-hydrogen) atoms. The second-order valence-corrected chi connectivity index (χ2v) is 5.31. The molecule has 1 aromatic rings. The Morgan fingerprint density at radius 2 is 2.17 bits per heavy atom. The first-order valence-electron chi connectivity index (χ1n) is 7.04. The van der Waals surface area contributed by atoms with Gasteiger partial charge < -0.3 is 10.1 Å². The van der Waals surface area contributed by atoms with Crippen molar-refractivity contribution in [1.82, 2.24) is 10.3 Å². The molecule has 2 atom stereocenters. The average Bonchev–Trinajstić information content (AvgIpc) is 2.39. The van der Waals surface area contributed by atoms with Crippen LogP contribution in [0.2, 0.25) is 0 Å². The molecule has 1 N–H and O–H groups in total. The molecule has 0 saturated heterocycles. The highest BCUT2D eigenvalue weighted by Crippen LogP contribution is 2.23. The van der Waals surface area contributed by atoms with Gasteiger partial charge in [0.25, 0.3) is 0 Å². The highest BCUT2D eigenvalue weighted by Gasteiger charge is 2.20. The smallest absolute Gasteiger partial charge is 0.137 e. The molecule has 1 heterocycles. The number of nitrogens with zero attached hydrogens (tertiary/aromatic N) is 1. The Balaban J connectivity index is 1.65. The molecule has 0 aromatic carbocycles. The summed E-state index contributed by atoms with van der Waals surface area (Å²) in [5.74, 6) is 1.67. The van der Waals surface area contributed by atoms with Crippen LogP contribution in [-0.2, 0) is 0 Å². The number of aryl methyl sites for hydroxylation is 1. The molecule has 0 amide bonds. The Hall–Kier alpha value is -1.09. The van der Waals surface area contributed by atoms with Crippen LogP contribution in [0.5, 0.6) is 5.75 Å². The monoisotopic (exact) mass is 248 g/mol. The van der Waals surface area contributed by atoms with E-state index in [4.69, 9.17) is 4.74 Å². The Bertz CT molecular complexity index is 350. The lowest BCUT2D eigenvalue weighted by atomic mass is 9.86. The number of hydrogen-bond acceptors (Lipinski definition) is 3. The minimum atomic E-state index is 0.679. The molecule has 100 valence electrons. The quantitative estimate of drug-likeness (QED) is 0.814. The lowest BCUT2D eigenvalue weighted by Crippen LogP contribution is -2.39. The number of rotatable bonds is 5. The highest BCUT2D eigenvalue weighted by molar-refractivity contribution is 5.18. The maximum Gasteiger partial charge on any atom is 0.137 e. The molecule has 1 aliphatic carbocycles. The van der Waals surface area contributed by atoms with E-state index in [0.29, 0.717) is 12.6 Å². The molecule has 1 aromatic heterocycles. The first kappa shape index (κ1) is 13.3. The van der Waals surface area contributed by atoms with Gasteiger partial charge in [-0.1, -0.05) is 19.8 Å². The number of pyridine rings is 1. The van der Waals surface area contributed by atoms with E-state index < -0.39 is 0 Å². The van der Waals surface area contributed by atoms with Crippen LogP contribution in [0.3, 0.4) is 0 Å². The van der Waals surface area contributed by atoms with Crippen molar-refractivity contribution in [1.29, 1.82) is 0 Å². The van der Waals surface area contributed by atoms with E-state index in [1.807, 2.05) is 19.1 Å². The Morgan fingerprint density at radius 1 is 1.33 bits per heavy atom. The topological polar surface area (TPSA) is 34.1 Å². The van der Waals surface area contributed by atoms with Crippen LogP contribution in [0, 0.1) is 12.8 Å². The van der Waals surface area contributed by atoms with Gasteiger partial charge in [-0.05, 0) is 37.8 Å². The predicted molar refractivity (Wildman–Crippen MR) is 73.9 cm³/mol. The molecule has 0 spiro atoms. The van der Waals surface area contributed by atoms with Crippen molar-refractivity contribution in [3.63, 3.8) is 0 Å². The van der Waals surface area contributed by atoms with Gasteiger partial charge in [-0.2, -0.15) is 0 Å². The summed E-state index contributed by atoms with van der Waals surface area (Å²) in [5, 5.41) is 3.61. The molecule has 1 fully saturated rings. The van der Waals surface area contributed by atoms with E-state index in [9.17, 15) is 0 Å². The summed E-state index contributed by atoms with van der Waals surface area (Å²) < 4.78 is 5.66. The maximum atomic E-state index is 5.66. The summed E-state index contributed by atoms with van der Waals surface area (Å²) in [4.78, 5) is 4.21. The van der Waals surface area contributed by atoms with Crippen LogP contribution in [0.4, 0.5) is 0 Å². The third kappa shape index (κ3) is 3.98. The van der Waals surface area contributed by atoms with Crippen LogP contribution in [0.1, 0.15) is 38.3 Å². The van der Waals surface area contributed by atoms with Gasteiger partial charge in [0.15, 0.2) is 0 Å². The first-order chi connectivity index (χ1) is 8.75. The Labute approximate surface area is 110 Å². The normalized spacial score (nSPS) is 23.9. The number of nitrogens with one attached hydrogen (secondary N) is 1. The van der Waals surface area contributed by atoms with E-state index in [1.54, 1.807) is 6.20 Å². The molecule has 2 unspecified atom stereocenters. The standard InChI is InChI=1S/C15H24N2O/c1-12-5-3-4-6-15(12)16-9-10-18-14-8-7-13(2)17-11-14/h7-8,11-12,15-16H,3-6,9-10H2,1-2H3. The fourth-order valence-corrected chi connectivity index (χ4v) is 2.57. The third-order valence-electron chi connectivity index (χ3n) is 3.77. The highest BCUT2D eigenvalue weighted by atomic mass is 16.5. The lowest BCUT2D eigenvalue weighted by molar-refractivity contribution is 0.251. The van der Waals surface area contributed by atoms with Crippen molar-refractivity contribution in [3.8, 4) is 5.75 Å². The van der Waals surface area contributed by atoms with Crippen LogP contribution < -0.4 is 10.1 Å². The minimum absolute atomic E-state index is 0.679. The van der Waals surface area contributed by atoms with Gasteiger partial charge in [0.2, 0.25) is 0 Å². The van der Waals surface area contributed by atoms with Gasteiger partial charge >= 0.3 is 0 Å². The number of aromatic nitrogens is 1. The van der Waals surface area contributed by atoms with Crippen LogP contribution in [0.25, 0.3) is 0 Å². The van der Waals surface area contributed by atoms with Gasteiger partial charge in [0.05, 0.1) is 6.20 Å². The summed E-state index contributed by atoms with van der Waals surface area (Å²) in [7, 11) is 0. The zero-order valence-electron chi connectivity index (χ0n) is 11.5. The largest absolute Gasteiger partial charge is 0.491 e. The molecule has 1 saturated carbocycles. The predicted octanol–water partition coefficient (Wildman–Crippen LogP) is 2.94. The SMILES string of the molecule is Cc1ccc(OCCNC2CCCCC2C)cn1. The van der Waals surface area contributed by atoms with Gasteiger partial charge in [-0.3, -0.25) is 4.98 Å². The molecule has 0 bridgehead atoms. The summed E-state index contributed by atoms with van der Waals surface area (Å²) in [6, 6.07) is 4.64. The number of hydrogen-bond donors (Lipinski definition) is 1. The van der Waals surface area contributed by atoms with E-state index >= 15 is 0 Å². The zero-order valence-corrected chi connectivity index (χ0v) is 11.5. The molecular formula is C15H24N2O. The summed E-state index contributed by atoms with van der Waals surface area (Å²) in [5.41, 5.74) is 1.02. The van der Waals surface area contributed by atoms with Gasteiger partial charge in [0, 0.05) is 18.3 Å². The molecule has 0 radical (unpaired) electrons. The van der Waals surface area contributed by atoms with Crippen molar-refractivity contribution < 1.29 is 4.74 Å². The van der Waals surface area contributed by atoms with Crippen molar-refractivity contribution >= 4 is 0 Å². The Morgan fingerprint density at radius 3 is 2.89 bits per heavy atom. The molecular weight excluding hydrogens is 224 g/mol. The zero-order chi connectivity index (χ0) is 12.8. The summed E-state index contributed by atoms with van der Waals surface area (Å²) >= 11 is 0. The third-order valence-corrected chi connectivity index (χ3v) is 3.77. The fourth-order valence-electron chi connectivity index (χ4n) is 2.57. The van der Waals surface area contributed by atoms with E-state index in [0.717, 1.165) is 23.9 Å². The second kappa shape index (κ2) is 6.74.